The number of carbonyl (C=O) groups is 2. The zero-order valence-electron chi connectivity index (χ0n) is 10.7. The van der Waals surface area contributed by atoms with E-state index in [2.05, 4.69) is 5.32 Å². The Kier molecular flexibility index (Phi) is 5.85. The zero-order chi connectivity index (χ0) is 13.5. The molecule has 0 saturated carbocycles. The summed E-state index contributed by atoms with van der Waals surface area (Å²) in [6.07, 6.45) is 1.38. The molecule has 18 heavy (non-hydrogen) atoms. The third-order valence-corrected chi connectivity index (χ3v) is 3.65. The van der Waals surface area contributed by atoms with Crippen molar-refractivity contribution in [2.24, 2.45) is 5.92 Å². The fraction of sp³-hybridized carbons (Fsp3) is 0.538. The summed E-state index contributed by atoms with van der Waals surface area (Å²) in [5, 5.41) is 15.6. The molecule has 100 valence electrons. The van der Waals surface area contributed by atoms with E-state index in [4.69, 9.17) is 5.11 Å². The van der Waals surface area contributed by atoms with Crippen LogP contribution < -0.4 is 5.32 Å². The summed E-state index contributed by atoms with van der Waals surface area (Å²) >= 11 is 1.55. The van der Waals surface area contributed by atoms with E-state index in [9.17, 15) is 9.59 Å². The summed E-state index contributed by atoms with van der Waals surface area (Å²) in [6, 6.07) is 1.91. The van der Waals surface area contributed by atoms with Gasteiger partial charge >= 0.3 is 5.97 Å². The fourth-order valence-electron chi connectivity index (χ4n) is 1.71. The Hall–Kier alpha value is -1.36. The van der Waals surface area contributed by atoms with Gasteiger partial charge in [-0.25, -0.2) is 0 Å². The van der Waals surface area contributed by atoms with Gasteiger partial charge in [0.25, 0.3) is 0 Å². The smallest absolute Gasteiger partial charge is 0.308 e. The van der Waals surface area contributed by atoms with Crippen LogP contribution >= 0.6 is 11.3 Å². The second kappa shape index (κ2) is 7.16. The van der Waals surface area contributed by atoms with Crippen molar-refractivity contribution in [2.45, 2.75) is 32.6 Å². The highest BCUT2D eigenvalue weighted by molar-refractivity contribution is 7.08. The van der Waals surface area contributed by atoms with E-state index < -0.39 is 11.9 Å². The summed E-state index contributed by atoms with van der Waals surface area (Å²) in [5.41, 5.74) is 0.972. The van der Waals surface area contributed by atoms with Gasteiger partial charge in [-0.2, -0.15) is 11.3 Å². The van der Waals surface area contributed by atoms with E-state index in [-0.39, 0.29) is 18.4 Å². The predicted octanol–water partition coefficient (Wildman–Crippen LogP) is 2.47. The minimum atomic E-state index is -0.847. The molecule has 1 aromatic heterocycles. The van der Waals surface area contributed by atoms with Crippen molar-refractivity contribution in [3.63, 3.8) is 0 Å². The maximum Gasteiger partial charge on any atom is 0.308 e. The fourth-order valence-corrected chi connectivity index (χ4v) is 2.47. The SMILES string of the molecule is CCCC(CNC(=O)C(C)c1ccsc1)C(=O)O. The lowest BCUT2D eigenvalue weighted by molar-refractivity contribution is -0.142. The molecule has 0 aliphatic rings. The van der Waals surface area contributed by atoms with Crippen LogP contribution in [0.5, 0.6) is 0 Å². The molecule has 0 aliphatic carbocycles. The van der Waals surface area contributed by atoms with Gasteiger partial charge in [0.05, 0.1) is 11.8 Å². The normalized spacial score (nSPS) is 13.9. The molecule has 2 unspecified atom stereocenters. The molecule has 1 amide bonds. The van der Waals surface area contributed by atoms with E-state index in [1.165, 1.54) is 0 Å². The minimum absolute atomic E-state index is 0.115. The molecule has 0 bridgehead atoms. The van der Waals surface area contributed by atoms with Gasteiger partial charge in [0.2, 0.25) is 5.91 Å². The lowest BCUT2D eigenvalue weighted by Gasteiger charge is -2.15. The van der Waals surface area contributed by atoms with Crippen molar-refractivity contribution in [3.8, 4) is 0 Å². The first-order valence-corrected chi connectivity index (χ1v) is 7.03. The van der Waals surface area contributed by atoms with Crippen molar-refractivity contribution >= 4 is 23.2 Å². The molecule has 5 heteroatoms. The minimum Gasteiger partial charge on any atom is -0.481 e. The molecule has 1 rings (SSSR count). The number of nitrogens with one attached hydrogen (secondary N) is 1. The van der Waals surface area contributed by atoms with Crippen LogP contribution in [0.25, 0.3) is 0 Å². The summed E-state index contributed by atoms with van der Waals surface area (Å²) in [6.45, 7) is 3.97. The van der Waals surface area contributed by atoms with Gasteiger partial charge in [-0.15, -0.1) is 0 Å². The van der Waals surface area contributed by atoms with Crippen LogP contribution in [0.1, 0.15) is 38.2 Å². The molecule has 0 aromatic carbocycles. The number of carboxylic acids is 1. The van der Waals surface area contributed by atoms with Crippen molar-refractivity contribution < 1.29 is 14.7 Å². The lowest BCUT2D eigenvalue weighted by atomic mass is 10.0. The first-order chi connectivity index (χ1) is 8.56. The number of carbonyl (C=O) groups excluding carboxylic acids is 1. The Morgan fingerprint density at radius 1 is 1.50 bits per heavy atom. The van der Waals surface area contributed by atoms with E-state index in [1.807, 2.05) is 30.7 Å². The molecule has 0 spiro atoms. The van der Waals surface area contributed by atoms with Gasteiger partial charge in [-0.1, -0.05) is 13.3 Å². The van der Waals surface area contributed by atoms with Crippen LogP contribution in [0.15, 0.2) is 16.8 Å². The Bertz CT molecular complexity index is 389. The molecule has 0 radical (unpaired) electrons. The van der Waals surface area contributed by atoms with Crippen LogP contribution in [0.2, 0.25) is 0 Å². The molecule has 1 aromatic rings. The summed E-state index contributed by atoms with van der Waals surface area (Å²) in [5.74, 6) is -1.68. The molecular weight excluding hydrogens is 250 g/mol. The van der Waals surface area contributed by atoms with E-state index in [0.29, 0.717) is 6.42 Å². The van der Waals surface area contributed by atoms with Crippen LogP contribution in [-0.2, 0) is 9.59 Å². The molecule has 4 nitrogen and oxygen atoms in total. The zero-order valence-corrected chi connectivity index (χ0v) is 11.5. The van der Waals surface area contributed by atoms with Gasteiger partial charge in [-0.3, -0.25) is 9.59 Å². The number of rotatable bonds is 7. The lowest BCUT2D eigenvalue weighted by Crippen LogP contribution is -2.35. The second-order valence-electron chi connectivity index (χ2n) is 4.35. The number of aliphatic carboxylic acids is 1. The molecule has 2 atom stereocenters. The molecule has 2 N–H and O–H groups in total. The Labute approximate surface area is 111 Å². The van der Waals surface area contributed by atoms with Crippen LogP contribution in [0.4, 0.5) is 0 Å². The topological polar surface area (TPSA) is 66.4 Å². The second-order valence-corrected chi connectivity index (χ2v) is 5.13. The highest BCUT2D eigenvalue weighted by atomic mass is 32.1. The number of carboxylic acid groups (broad SMARTS) is 1. The quantitative estimate of drug-likeness (QED) is 0.799. The third-order valence-electron chi connectivity index (χ3n) is 2.95. The van der Waals surface area contributed by atoms with Crippen molar-refractivity contribution in [1.82, 2.24) is 5.32 Å². The molecule has 0 aliphatic heterocycles. The highest BCUT2D eigenvalue weighted by Crippen LogP contribution is 2.18. The highest BCUT2D eigenvalue weighted by Gasteiger charge is 2.20. The number of thiophene rings is 1. The summed E-state index contributed by atoms with van der Waals surface area (Å²) in [4.78, 5) is 22.8. The monoisotopic (exact) mass is 269 g/mol. The van der Waals surface area contributed by atoms with Crippen LogP contribution in [-0.4, -0.2) is 23.5 Å². The maximum absolute atomic E-state index is 11.9. The van der Waals surface area contributed by atoms with Crippen molar-refractivity contribution in [1.29, 1.82) is 0 Å². The van der Waals surface area contributed by atoms with Gasteiger partial charge in [0.15, 0.2) is 0 Å². The standard InChI is InChI=1S/C13H19NO3S/c1-3-4-10(13(16)17)7-14-12(15)9(2)11-5-6-18-8-11/h5-6,8-10H,3-4,7H2,1-2H3,(H,14,15)(H,16,17). The van der Waals surface area contributed by atoms with E-state index in [1.54, 1.807) is 11.3 Å². The molecule has 0 saturated heterocycles. The Balaban J connectivity index is 2.47. The molecule has 1 heterocycles. The summed E-state index contributed by atoms with van der Waals surface area (Å²) < 4.78 is 0. The first-order valence-electron chi connectivity index (χ1n) is 6.08. The molecule has 0 fully saturated rings. The van der Waals surface area contributed by atoms with Gasteiger partial charge < -0.3 is 10.4 Å². The largest absolute Gasteiger partial charge is 0.481 e. The number of hydrogen-bond donors (Lipinski definition) is 2. The van der Waals surface area contributed by atoms with Crippen LogP contribution in [0, 0.1) is 5.92 Å². The average molecular weight is 269 g/mol. The average Bonchev–Trinajstić information content (AvgIpc) is 2.86. The van der Waals surface area contributed by atoms with Crippen LogP contribution in [0.3, 0.4) is 0 Å². The third kappa shape index (κ3) is 4.14. The first kappa shape index (κ1) is 14.7. The molecular formula is C13H19NO3S. The van der Waals surface area contributed by atoms with Crippen molar-refractivity contribution in [3.05, 3.63) is 22.4 Å². The Morgan fingerprint density at radius 3 is 2.72 bits per heavy atom. The van der Waals surface area contributed by atoms with Gasteiger partial charge in [0.1, 0.15) is 0 Å². The Morgan fingerprint density at radius 2 is 2.22 bits per heavy atom. The summed E-state index contributed by atoms with van der Waals surface area (Å²) in [7, 11) is 0. The van der Waals surface area contributed by atoms with E-state index in [0.717, 1.165) is 12.0 Å². The van der Waals surface area contributed by atoms with Crippen molar-refractivity contribution in [2.75, 3.05) is 6.54 Å². The van der Waals surface area contributed by atoms with E-state index >= 15 is 0 Å². The predicted molar refractivity (Wildman–Crippen MR) is 71.8 cm³/mol. The van der Waals surface area contributed by atoms with Gasteiger partial charge in [-0.05, 0) is 35.7 Å². The number of hydrogen-bond acceptors (Lipinski definition) is 3. The maximum atomic E-state index is 11.9. The number of amides is 1. The van der Waals surface area contributed by atoms with Gasteiger partial charge in [0, 0.05) is 6.54 Å².